The largest absolute Gasteiger partial charge is 0.269 e. The zero-order valence-corrected chi connectivity index (χ0v) is 11.5. The van der Waals surface area contributed by atoms with E-state index in [0.29, 0.717) is 6.07 Å². The Labute approximate surface area is 130 Å². The number of hydrogen-bond acceptors (Lipinski definition) is 2. The summed E-state index contributed by atoms with van der Waals surface area (Å²) in [6.07, 6.45) is -1.17. The van der Waals surface area contributed by atoms with Crippen LogP contribution in [0.2, 0.25) is 0 Å². The van der Waals surface area contributed by atoms with Gasteiger partial charge >= 0.3 is 0 Å². The monoisotopic (exact) mass is 345 g/mol. The van der Waals surface area contributed by atoms with Crippen molar-refractivity contribution in [2.75, 3.05) is 4.90 Å². The van der Waals surface area contributed by atoms with Crippen molar-refractivity contribution in [1.82, 2.24) is 0 Å². The van der Waals surface area contributed by atoms with E-state index in [1.807, 2.05) is 0 Å². The second-order valence-corrected chi connectivity index (χ2v) is 4.92. The van der Waals surface area contributed by atoms with Gasteiger partial charge in [0, 0.05) is 18.1 Å². The molecule has 0 N–H and O–H groups in total. The number of nitrogens with zero attached hydrogens (tertiary/aromatic N) is 1. The highest BCUT2D eigenvalue weighted by Crippen LogP contribution is 2.41. The van der Waals surface area contributed by atoms with Crippen molar-refractivity contribution in [2.45, 2.75) is 6.42 Å². The standard InChI is InChI=1S/C15H5F6NO2/c16-5-1-2-9(7(17)3-5)22-14(23)6-4-8(18)11(19)13(21)12(20)10(6)15(22)24/h1-3H,4H2. The fourth-order valence-corrected chi connectivity index (χ4v) is 2.40. The lowest BCUT2D eigenvalue weighted by Gasteiger charge is -2.16. The minimum absolute atomic E-state index is 0.114. The van der Waals surface area contributed by atoms with Crippen LogP contribution in [0.15, 0.2) is 52.7 Å². The number of anilines is 1. The Morgan fingerprint density at radius 1 is 0.833 bits per heavy atom. The number of allylic oxidation sites excluding steroid dienone is 3. The van der Waals surface area contributed by atoms with Crippen molar-refractivity contribution < 1.29 is 35.9 Å². The minimum atomic E-state index is -2.26. The average molecular weight is 345 g/mol. The number of benzene rings is 1. The molecule has 0 spiro atoms. The predicted octanol–water partition coefficient (Wildman–Crippen LogP) is 3.84. The Hall–Kier alpha value is -2.84. The van der Waals surface area contributed by atoms with Crippen molar-refractivity contribution in [2.24, 2.45) is 0 Å². The number of amides is 2. The maximum absolute atomic E-state index is 13.9. The van der Waals surface area contributed by atoms with Crippen LogP contribution in [-0.2, 0) is 9.59 Å². The molecule has 0 unspecified atom stereocenters. The number of carbonyl (C=O) groups is 2. The van der Waals surface area contributed by atoms with Gasteiger partial charge in [-0.2, -0.15) is 0 Å². The minimum Gasteiger partial charge on any atom is -0.269 e. The lowest BCUT2D eigenvalue weighted by Crippen LogP contribution is -2.32. The van der Waals surface area contributed by atoms with Crippen molar-refractivity contribution in [3.05, 3.63) is 64.3 Å². The third kappa shape index (κ3) is 2.15. The number of hydrogen-bond donors (Lipinski definition) is 0. The molecule has 1 aromatic carbocycles. The Balaban J connectivity index is 2.15. The summed E-state index contributed by atoms with van der Waals surface area (Å²) in [7, 11) is 0. The highest BCUT2D eigenvalue weighted by atomic mass is 19.2. The van der Waals surface area contributed by atoms with Gasteiger partial charge in [-0.3, -0.25) is 9.59 Å². The number of halogens is 6. The van der Waals surface area contributed by atoms with E-state index in [-0.39, 0.29) is 4.90 Å². The van der Waals surface area contributed by atoms with Crippen molar-refractivity contribution >= 4 is 17.5 Å². The first-order valence-electron chi connectivity index (χ1n) is 6.41. The van der Waals surface area contributed by atoms with Crippen LogP contribution in [0, 0.1) is 11.6 Å². The number of rotatable bonds is 1. The SMILES string of the molecule is O=C1C2=C(C(=O)N1c1ccc(F)cc1F)C(F)=C(F)C(F)=C(F)C2. The van der Waals surface area contributed by atoms with Crippen LogP contribution in [0.1, 0.15) is 6.42 Å². The van der Waals surface area contributed by atoms with Crippen LogP contribution < -0.4 is 4.90 Å². The molecule has 1 aromatic rings. The van der Waals surface area contributed by atoms with Crippen LogP contribution in [0.5, 0.6) is 0 Å². The van der Waals surface area contributed by atoms with E-state index < -0.39 is 70.0 Å². The second-order valence-electron chi connectivity index (χ2n) is 4.92. The summed E-state index contributed by atoms with van der Waals surface area (Å²) < 4.78 is 80.9. The Morgan fingerprint density at radius 2 is 1.50 bits per heavy atom. The molecule has 0 saturated heterocycles. The van der Waals surface area contributed by atoms with Gasteiger partial charge in [-0.1, -0.05) is 0 Å². The first-order valence-corrected chi connectivity index (χ1v) is 6.41. The van der Waals surface area contributed by atoms with Gasteiger partial charge in [-0.25, -0.2) is 31.2 Å². The summed E-state index contributed by atoms with van der Waals surface area (Å²) in [5.41, 5.74) is -2.77. The molecule has 124 valence electrons. The molecule has 0 bridgehead atoms. The highest BCUT2D eigenvalue weighted by Gasteiger charge is 2.45. The Bertz CT molecular complexity index is 899. The first kappa shape index (κ1) is 16.0. The third-order valence-electron chi connectivity index (χ3n) is 3.51. The normalized spacial score (nSPS) is 18.7. The average Bonchev–Trinajstić information content (AvgIpc) is 2.72. The first-order chi connectivity index (χ1) is 11.2. The molecular weight excluding hydrogens is 340 g/mol. The van der Waals surface area contributed by atoms with E-state index >= 15 is 0 Å². The summed E-state index contributed by atoms with van der Waals surface area (Å²) in [5, 5.41) is 0. The van der Waals surface area contributed by atoms with Gasteiger partial charge in [0.2, 0.25) is 0 Å². The van der Waals surface area contributed by atoms with E-state index in [9.17, 15) is 35.9 Å². The lowest BCUT2D eigenvalue weighted by molar-refractivity contribution is -0.120. The molecule has 0 saturated carbocycles. The Morgan fingerprint density at radius 3 is 2.12 bits per heavy atom. The smallest absolute Gasteiger partial charge is 0.269 e. The summed E-state index contributed by atoms with van der Waals surface area (Å²) in [6.45, 7) is 0. The molecule has 24 heavy (non-hydrogen) atoms. The molecule has 0 aromatic heterocycles. The topological polar surface area (TPSA) is 37.4 Å². The maximum atomic E-state index is 13.9. The summed E-state index contributed by atoms with van der Waals surface area (Å²) in [5.74, 6) is -13.4. The van der Waals surface area contributed by atoms with E-state index in [2.05, 4.69) is 0 Å². The van der Waals surface area contributed by atoms with Gasteiger partial charge < -0.3 is 0 Å². The predicted molar refractivity (Wildman–Crippen MR) is 69.0 cm³/mol. The highest BCUT2D eigenvalue weighted by molar-refractivity contribution is 6.34. The molecule has 1 heterocycles. The third-order valence-corrected chi connectivity index (χ3v) is 3.51. The van der Waals surface area contributed by atoms with Crippen LogP contribution in [0.3, 0.4) is 0 Å². The zero-order chi connectivity index (χ0) is 17.8. The van der Waals surface area contributed by atoms with E-state index in [1.54, 1.807) is 0 Å². The molecule has 2 amide bonds. The molecular formula is C15H5F6NO2. The molecule has 0 radical (unpaired) electrons. The van der Waals surface area contributed by atoms with Crippen molar-refractivity contribution in [3.63, 3.8) is 0 Å². The summed E-state index contributed by atoms with van der Waals surface area (Å²) >= 11 is 0. The van der Waals surface area contributed by atoms with Gasteiger partial charge in [0.1, 0.15) is 17.5 Å². The molecule has 9 heteroatoms. The molecule has 2 aliphatic rings. The molecule has 0 atom stereocenters. The van der Waals surface area contributed by atoms with Crippen LogP contribution in [0.4, 0.5) is 32.0 Å². The number of carbonyl (C=O) groups excluding carboxylic acids is 2. The summed E-state index contributed by atoms with van der Waals surface area (Å²) in [4.78, 5) is 24.5. The van der Waals surface area contributed by atoms with E-state index in [4.69, 9.17) is 0 Å². The van der Waals surface area contributed by atoms with Crippen molar-refractivity contribution in [3.8, 4) is 0 Å². The zero-order valence-electron chi connectivity index (χ0n) is 11.5. The van der Waals surface area contributed by atoms with Crippen LogP contribution in [-0.4, -0.2) is 11.8 Å². The quantitative estimate of drug-likeness (QED) is 0.573. The van der Waals surface area contributed by atoms with E-state index in [1.165, 1.54) is 0 Å². The van der Waals surface area contributed by atoms with Crippen LogP contribution >= 0.6 is 0 Å². The van der Waals surface area contributed by atoms with E-state index in [0.717, 1.165) is 12.1 Å². The van der Waals surface area contributed by atoms with Crippen molar-refractivity contribution in [1.29, 1.82) is 0 Å². The summed E-state index contributed by atoms with van der Waals surface area (Å²) in [6, 6.07) is 1.83. The van der Waals surface area contributed by atoms with Gasteiger partial charge in [-0.15, -0.1) is 0 Å². The molecule has 1 aliphatic heterocycles. The molecule has 3 rings (SSSR count). The van der Waals surface area contributed by atoms with Gasteiger partial charge in [0.05, 0.1) is 11.3 Å². The molecule has 0 fully saturated rings. The Kier molecular flexibility index (Phi) is 3.58. The lowest BCUT2D eigenvalue weighted by atomic mass is 10.1. The molecule has 1 aliphatic carbocycles. The van der Waals surface area contributed by atoms with Gasteiger partial charge in [-0.05, 0) is 12.1 Å². The second kappa shape index (κ2) is 5.36. The number of imide groups is 1. The van der Waals surface area contributed by atoms with Crippen LogP contribution in [0.25, 0.3) is 0 Å². The van der Waals surface area contributed by atoms with Gasteiger partial charge in [0.15, 0.2) is 17.5 Å². The fourth-order valence-electron chi connectivity index (χ4n) is 2.40. The fraction of sp³-hybridized carbons (Fsp3) is 0.0667. The molecule has 3 nitrogen and oxygen atoms in total. The maximum Gasteiger partial charge on any atom is 0.269 e. The van der Waals surface area contributed by atoms with Gasteiger partial charge in [0.25, 0.3) is 11.8 Å².